The molecule has 50 atom stereocenters. The van der Waals surface area contributed by atoms with Crippen molar-refractivity contribution < 1.29 is 252 Å². The van der Waals surface area contributed by atoms with Crippen molar-refractivity contribution in [1.82, 2.24) is 21.3 Å². The Morgan fingerprint density at radius 3 is 0.878 bits per heavy atom. The predicted molar refractivity (Wildman–Crippen MR) is 376 cm³/mol. The molecular weight excluding hydrogens is 1690 g/mol. The topological polar surface area (TPSA) is 858 Å². The van der Waals surface area contributed by atoms with Crippen molar-refractivity contribution in [3.8, 4) is 0 Å². The van der Waals surface area contributed by atoms with Gasteiger partial charge in [-0.05, 0) is 0 Å². The summed E-state index contributed by atoms with van der Waals surface area (Å²) in [7, 11) is 0. The van der Waals surface area contributed by atoms with Gasteiger partial charge in [-0.3, -0.25) is 19.2 Å². The first-order chi connectivity index (χ1) is 58.2. The van der Waals surface area contributed by atoms with Crippen molar-refractivity contribution >= 4 is 23.6 Å². The van der Waals surface area contributed by atoms with E-state index in [1.807, 2.05) is 0 Å². The van der Waals surface area contributed by atoms with E-state index in [1.165, 1.54) is 0 Å². The minimum absolute atomic E-state index is 0.812. The van der Waals surface area contributed by atoms with Crippen LogP contribution < -0.4 is 21.3 Å². The zero-order valence-electron chi connectivity index (χ0n) is 65.9. The van der Waals surface area contributed by atoms with Gasteiger partial charge in [0.25, 0.3) is 0 Å². The molecule has 0 aromatic heterocycles. The lowest BCUT2D eigenvalue weighted by molar-refractivity contribution is -0.403. The SMILES string of the molecule is CC(=O)N[C@@H]1[C@@H](O)[C@H](O[C@@H]2O[C@H](CO)[C@@H](O[C@@H]3O[C@H](CO[C@H]4O[C@H](CO[C@H]5O[C@H](CO)[C@@H](O)[C@H](O)[C@@H]5O[C@H]5O[C@H](CO)[C@@H](O)[C@H](O)[C@@H]5O)[C@@H](O)[C@H](O[C@H]5O[C@H](CO)[C@@H](O)[C@H](O)[C@@H]5O)[C@@H]4O)[C@@H](O)[C@H](O[C@H]4O[C@H](CO)[C@@H](O[C@@H]5O[C@H](CO)[C@@H](O)[C@H](O)[C@H]5NC(C)=O)[C@H](O)[C@@H]4O[C@@H]4O[C@H](CO)[C@@H](O)[C@H](O)[C@H]4NC(C)=O)[C@@H]3O)[C@H](O)[C@H]2NC(C)=O)[C@@H](CO)O[C@H]1O. The van der Waals surface area contributed by atoms with Crippen molar-refractivity contribution in [2.24, 2.45) is 0 Å². The van der Waals surface area contributed by atoms with E-state index in [0.717, 1.165) is 27.7 Å². The number of aliphatic hydroxyl groups excluding tert-OH is 28. The highest BCUT2D eigenvalue weighted by Crippen LogP contribution is 2.41. The summed E-state index contributed by atoms with van der Waals surface area (Å²) in [6.07, 6.45) is -99.1. The Labute approximate surface area is 695 Å². The Hall–Kier alpha value is -4.00. The van der Waals surface area contributed by atoms with Gasteiger partial charge in [-0.1, -0.05) is 0 Å². The molecule has 0 aromatic carbocycles. The lowest BCUT2D eigenvalue weighted by Crippen LogP contribution is -2.71. The Kier molecular flexibility index (Phi) is 36.4. The molecule has 32 N–H and O–H groups in total. The highest BCUT2D eigenvalue weighted by atomic mass is 16.8. The standard InChI is InChI=1S/C68H114N4O51/c1-15(81)69-29-42(94)52(24(10-78)107-59(29)104)117-62-32(72-18(4)84)43(95)53(25(11-79)113-62)119-66-51(103)56(121-68-58(122-61-31(71-17(3)83)41(93)34(86)20(6-74)109-61)49(101)54(26(12-80)114-68)118-60-30(70-16(2)82)40(92)33(85)19(5-73)108-60)39(91)28(116-66)13-105-63-50(102)55(120-64-47(99)44(96)35(87)21(7-75)110-64)38(90)27(115-63)14-106-67-57(46(98)37(89)23(9-77)112-67)123-65-48(100)45(97)36(88)22(8-76)111-65/h19-68,73-80,85-104H,5-14H2,1-4H3,(H,69,81)(H,70,82)(H,71,83)(H,72,84)/t19-,20-,21-,22-,23-,24-,25-,26-,27-,28-,29-,30-,31-,32-,33-,34-,35-,36-,37-,38-,39-,40-,41-,42-,43-,44+,45+,46+,47+,48+,49+,50+,51+,52-,53-,54-,55+,56+,57+,58+,59-,60+,61+,62+,63+,64-,65-,66+,67+,68-/m1/s1. The maximum absolute atomic E-state index is 13.1. The predicted octanol–water partition coefficient (Wildman–Crippen LogP) is -22.2. The van der Waals surface area contributed by atoms with Crippen LogP contribution in [0.5, 0.6) is 0 Å². The second-order valence-electron chi connectivity index (χ2n) is 31.0. The Morgan fingerprint density at radius 1 is 0.211 bits per heavy atom. The lowest BCUT2D eigenvalue weighted by Gasteiger charge is -2.51. The van der Waals surface area contributed by atoms with Gasteiger partial charge in [0.15, 0.2) is 62.9 Å². The zero-order chi connectivity index (χ0) is 90.5. The molecule has 712 valence electrons. The molecule has 10 saturated heterocycles. The third-order valence-corrected chi connectivity index (χ3v) is 22.5. The number of carbonyl (C=O) groups excluding carboxylic acids is 4. The summed E-state index contributed by atoms with van der Waals surface area (Å²) in [6, 6.07) is -7.41. The van der Waals surface area contributed by atoms with E-state index < -0.39 is 397 Å². The molecular formula is C68H114N4O51. The molecule has 0 unspecified atom stereocenters. The average molecular weight is 1800 g/mol. The van der Waals surface area contributed by atoms with Gasteiger partial charge < -0.3 is 254 Å². The van der Waals surface area contributed by atoms with Crippen LogP contribution in [-0.4, -0.2) is 539 Å². The van der Waals surface area contributed by atoms with Crippen LogP contribution in [0, 0.1) is 0 Å². The zero-order valence-corrected chi connectivity index (χ0v) is 65.9. The Balaban J connectivity index is 1.03. The van der Waals surface area contributed by atoms with Gasteiger partial charge in [0.2, 0.25) is 23.6 Å². The summed E-state index contributed by atoms with van der Waals surface area (Å²) < 4.78 is 113. The van der Waals surface area contributed by atoms with Crippen LogP contribution in [0.3, 0.4) is 0 Å². The smallest absolute Gasteiger partial charge is 0.217 e. The minimum atomic E-state index is -2.67. The van der Waals surface area contributed by atoms with E-state index in [4.69, 9.17) is 90.0 Å². The van der Waals surface area contributed by atoms with Crippen LogP contribution in [0.15, 0.2) is 0 Å². The molecule has 55 heteroatoms. The number of ether oxygens (including phenoxy) is 19. The maximum Gasteiger partial charge on any atom is 0.217 e. The summed E-state index contributed by atoms with van der Waals surface area (Å²) in [4.78, 5) is 50.8. The molecule has 10 aliphatic heterocycles. The summed E-state index contributed by atoms with van der Waals surface area (Å²) in [5, 5.41) is 323. The van der Waals surface area contributed by atoms with E-state index in [9.17, 15) is 162 Å². The molecule has 0 radical (unpaired) electrons. The number of hydrogen-bond acceptors (Lipinski definition) is 51. The molecule has 10 rings (SSSR count). The molecule has 0 saturated carbocycles. The second-order valence-corrected chi connectivity index (χ2v) is 31.0. The fourth-order valence-corrected chi connectivity index (χ4v) is 15.8. The number of amides is 4. The van der Waals surface area contributed by atoms with Crippen molar-refractivity contribution in [2.75, 3.05) is 66.1 Å². The number of rotatable bonds is 32. The Morgan fingerprint density at radius 2 is 0.463 bits per heavy atom. The first kappa shape index (κ1) is 101. The number of carbonyl (C=O) groups is 4. The van der Waals surface area contributed by atoms with Gasteiger partial charge in [-0.15, -0.1) is 0 Å². The van der Waals surface area contributed by atoms with E-state index >= 15 is 0 Å². The molecule has 10 heterocycles. The molecule has 0 aliphatic carbocycles. The maximum atomic E-state index is 13.1. The van der Waals surface area contributed by atoms with Crippen molar-refractivity contribution in [2.45, 2.75) is 335 Å². The van der Waals surface area contributed by atoms with Crippen molar-refractivity contribution in [1.29, 1.82) is 0 Å². The van der Waals surface area contributed by atoms with Gasteiger partial charge in [0.05, 0.1) is 66.1 Å². The van der Waals surface area contributed by atoms with E-state index in [1.54, 1.807) is 0 Å². The van der Waals surface area contributed by atoms with Gasteiger partial charge in [0.1, 0.15) is 244 Å². The molecule has 0 spiro atoms. The van der Waals surface area contributed by atoms with E-state index in [0.29, 0.717) is 0 Å². The molecule has 10 aliphatic rings. The summed E-state index contributed by atoms with van der Waals surface area (Å²) in [6.45, 7) is -7.54. The van der Waals surface area contributed by atoms with Gasteiger partial charge in [-0.25, -0.2) is 0 Å². The fourth-order valence-electron chi connectivity index (χ4n) is 15.8. The highest BCUT2D eigenvalue weighted by molar-refractivity contribution is 5.74. The van der Waals surface area contributed by atoms with Crippen LogP contribution in [0.25, 0.3) is 0 Å². The first-order valence-electron chi connectivity index (χ1n) is 39.1. The minimum Gasteiger partial charge on any atom is -0.394 e. The number of hydrogen-bond donors (Lipinski definition) is 32. The van der Waals surface area contributed by atoms with Crippen LogP contribution in [-0.2, 0) is 109 Å². The van der Waals surface area contributed by atoms with Crippen LogP contribution in [0.1, 0.15) is 27.7 Å². The first-order valence-corrected chi connectivity index (χ1v) is 39.1. The van der Waals surface area contributed by atoms with E-state index in [-0.39, 0.29) is 0 Å². The molecule has 123 heavy (non-hydrogen) atoms. The van der Waals surface area contributed by atoms with Crippen molar-refractivity contribution in [3.63, 3.8) is 0 Å². The normalized spacial score (nSPS) is 49.4. The molecule has 10 fully saturated rings. The van der Waals surface area contributed by atoms with Gasteiger partial charge in [0, 0.05) is 27.7 Å². The van der Waals surface area contributed by atoms with Crippen LogP contribution in [0.2, 0.25) is 0 Å². The van der Waals surface area contributed by atoms with Crippen LogP contribution in [0.4, 0.5) is 0 Å². The molecule has 55 nitrogen and oxygen atoms in total. The molecule has 4 amide bonds. The highest BCUT2D eigenvalue weighted by Gasteiger charge is 2.62. The number of nitrogens with one attached hydrogen (secondary N) is 4. The summed E-state index contributed by atoms with van der Waals surface area (Å²) in [5.41, 5.74) is 0. The lowest BCUT2D eigenvalue weighted by atomic mass is 9.93. The summed E-state index contributed by atoms with van der Waals surface area (Å²) in [5.74, 6) is -3.63. The number of aliphatic hydroxyl groups is 28. The molecule has 0 aromatic rings. The van der Waals surface area contributed by atoms with Gasteiger partial charge >= 0.3 is 0 Å². The van der Waals surface area contributed by atoms with Crippen molar-refractivity contribution in [3.05, 3.63) is 0 Å². The fraction of sp³-hybridized carbons (Fsp3) is 0.941. The monoisotopic (exact) mass is 1800 g/mol. The van der Waals surface area contributed by atoms with Gasteiger partial charge in [-0.2, -0.15) is 0 Å². The summed E-state index contributed by atoms with van der Waals surface area (Å²) >= 11 is 0. The third kappa shape index (κ3) is 22.4. The van der Waals surface area contributed by atoms with E-state index in [2.05, 4.69) is 21.3 Å². The molecule has 0 bridgehead atoms. The van der Waals surface area contributed by atoms with Crippen LogP contribution >= 0.6 is 0 Å². The third-order valence-electron chi connectivity index (χ3n) is 22.5. The quantitative estimate of drug-likeness (QED) is 0.0297. The second kappa shape index (κ2) is 44.3. The largest absolute Gasteiger partial charge is 0.394 e. The average Bonchev–Trinajstić information content (AvgIpc) is 0.760. The Bertz CT molecular complexity index is 3310.